The quantitative estimate of drug-likeness (QED) is 0.634. The maximum atomic E-state index is 12.7. The molecule has 0 aliphatic carbocycles. The van der Waals surface area contributed by atoms with Crippen LogP contribution in [0.5, 0.6) is 0 Å². The summed E-state index contributed by atoms with van der Waals surface area (Å²) in [7, 11) is -4.05. The summed E-state index contributed by atoms with van der Waals surface area (Å²) in [5.74, 6) is 0. The van der Waals surface area contributed by atoms with E-state index in [0.29, 0.717) is 11.1 Å². The lowest BCUT2D eigenvalue weighted by Crippen LogP contribution is -2.39. The molecule has 0 saturated carbocycles. The molecule has 1 N–H and O–H groups in total. The summed E-state index contributed by atoms with van der Waals surface area (Å²) in [5, 5.41) is 20.2. The summed E-state index contributed by atoms with van der Waals surface area (Å²) in [6.45, 7) is 6.23. The largest absolute Gasteiger partial charge is 0.395 e. The van der Waals surface area contributed by atoms with E-state index in [1.54, 1.807) is 27.7 Å². The normalized spacial score (nSPS) is 12.1. The first-order valence-corrected chi connectivity index (χ1v) is 7.95. The number of nitro benzene ring substituents is 1. The Balaban J connectivity index is 3.56. The third-order valence-electron chi connectivity index (χ3n) is 3.25. The first-order valence-electron chi connectivity index (χ1n) is 6.51. The van der Waals surface area contributed by atoms with E-state index < -0.39 is 26.7 Å². The summed E-state index contributed by atoms with van der Waals surface area (Å²) in [5.41, 5.74) is 0.868. The molecule has 118 valence electrons. The van der Waals surface area contributed by atoms with Crippen LogP contribution in [-0.4, -0.2) is 41.9 Å². The molecule has 0 amide bonds. The molecule has 0 heterocycles. The van der Waals surface area contributed by atoms with Gasteiger partial charge in [-0.3, -0.25) is 10.1 Å². The molecule has 1 rings (SSSR count). The minimum absolute atomic E-state index is 0.107. The van der Waals surface area contributed by atoms with Crippen molar-refractivity contribution in [3.05, 3.63) is 33.4 Å². The van der Waals surface area contributed by atoms with Crippen molar-refractivity contribution in [3.63, 3.8) is 0 Å². The average molecular weight is 316 g/mol. The molecule has 0 radical (unpaired) electrons. The van der Waals surface area contributed by atoms with Crippen LogP contribution in [0, 0.1) is 24.0 Å². The highest BCUT2D eigenvalue weighted by molar-refractivity contribution is 7.89. The van der Waals surface area contributed by atoms with Crippen LogP contribution in [0.1, 0.15) is 25.0 Å². The van der Waals surface area contributed by atoms with Gasteiger partial charge in [0, 0.05) is 18.7 Å². The van der Waals surface area contributed by atoms with Gasteiger partial charge < -0.3 is 5.11 Å². The zero-order valence-electron chi connectivity index (χ0n) is 12.5. The summed E-state index contributed by atoms with van der Waals surface area (Å²) >= 11 is 0. The number of benzene rings is 1. The SMILES string of the molecule is Cc1cc([N+](=O)[O-])c(S(=O)(=O)N(CCO)C(C)C)cc1C. The second-order valence-electron chi connectivity index (χ2n) is 5.09. The lowest BCUT2D eigenvalue weighted by Gasteiger charge is -2.25. The number of sulfonamides is 1. The fraction of sp³-hybridized carbons (Fsp3) is 0.538. The van der Waals surface area contributed by atoms with Crippen LogP contribution >= 0.6 is 0 Å². The molecule has 1 aromatic carbocycles. The van der Waals surface area contributed by atoms with Crippen LogP contribution < -0.4 is 0 Å². The fourth-order valence-corrected chi connectivity index (χ4v) is 3.86. The van der Waals surface area contributed by atoms with Crippen molar-refractivity contribution in [2.45, 2.75) is 38.6 Å². The number of hydrogen-bond acceptors (Lipinski definition) is 5. The molecule has 0 saturated heterocycles. The first kappa shape index (κ1) is 17.5. The number of hydrogen-bond donors (Lipinski definition) is 1. The van der Waals surface area contributed by atoms with Gasteiger partial charge in [0.15, 0.2) is 4.90 Å². The van der Waals surface area contributed by atoms with Gasteiger partial charge in [-0.05, 0) is 44.9 Å². The molecule has 21 heavy (non-hydrogen) atoms. The van der Waals surface area contributed by atoms with E-state index >= 15 is 0 Å². The summed E-state index contributed by atoms with van der Waals surface area (Å²) in [4.78, 5) is 10.1. The Kier molecular flexibility index (Phi) is 5.43. The van der Waals surface area contributed by atoms with E-state index in [1.807, 2.05) is 0 Å². The van der Waals surface area contributed by atoms with E-state index in [1.165, 1.54) is 12.1 Å². The van der Waals surface area contributed by atoms with Crippen LogP contribution in [0.15, 0.2) is 17.0 Å². The Hall–Kier alpha value is -1.51. The minimum Gasteiger partial charge on any atom is -0.395 e. The van der Waals surface area contributed by atoms with Gasteiger partial charge >= 0.3 is 0 Å². The van der Waals surface area contributed by atoms with Crippen LogP contribution in [0.25, 0.3) is 0 Å². The molecule has 0 aromatic heterocycles. The molecule has 0 aliphatic rings. The second-order valence-corrected chi connectivity index (χ2v) is 6.95. The molecular weight excluding hydrogens is 296 g/mol. The van der Waals surface area contributed by atoms with Gasteiger partial charge in [0.25, 0.3) is 5.69 Å². The maximum absolute atomic E-state index is 12.7. The molecule has 0 spiro atoms. The molecule has 1 aromatic rings. The number of nitro groups is 1. The Labute approximate surface area is 124 Å². The van der Waals surface area contributed by atoms with Crippen molar-refractivity contribution >= 4 is 15.7 Å². The highest BCUT2D eigenvalue weighted by Gasteiger charge is 2.33. The topological polar surface area (TPSA) is 101 Å². The maximum Gasteiger partial charge on any atom is 0.289 e. The van der Waals surface area contributed by atoms with Gasteiger partial charge in [-0.2, -0.15) is 4.31 Å². The monoisotopic (exact) mass is 316 g/mol. The highest BCUT2D eigenvalue weighted by atomic mass is 32.2. The summed E-state index contributed by atoms with van der Waals surface area (Å²) in [6, 6.07) is 2.17. The van der Waals surface area contributed by atoms with Crippen molar-refractivity contribution in [2.75, 3.05) is 13.2 Å². The predicted molar refractivity (Wildman–Crippen MR) is 78.7 cm³/mol. The molecule has 0 unspecified atom stereocenters. The fourth-order valence-electron chi connectivity index (χ4n) is 2.00. The lowest BCUT2D eigenvalue weighted by molar-refractivity contribution is -0.387. The number of aliphatic hydroxyl groups is 1. The number of aliphatic hydroxyl groups excluding tert-OH is 1. The van der Waals surface area contributed by atoms with Gasteiger partial charge in [-0.1, -0.05) is 0 Å². The molecule has 0 atom stereocenters. The standard InChI is InChI=1S/C13H20N2O5S/c1-9(2)14(5-6-16)21(19,20)13-8-11(4)10(3)7-12(13)15(17)18/h7-9,16H,5-6H2,1-4H3. The summed E-state index contributed by atoms with van der Waals surface area (Å²) in [6.07, 6.45) is 0. The van der Waals surface area contributed by atoms with Crippen molar-refractivity contribution in [3.8, 4) is 0 Å². The number of rotatable bonds is 6. The minimum atomic E-state index is -4.05. The molecule has 7 nitrogen and oxygen atoms in total. The van der Waals surface area contributed by atoms with E-state index in [9.17, 15) is 18.5 Å². The van der Waals surface area contributed by atoms with Gasteiger partial charge in [-0.15, -0.1) is 0 Å². The number of nitrogens with zero attached hydrogens (tertiary/aromatic N) is 2. The van der Waals surface area contributed by atoms with Gasteiger partial charge in [0.2, 0.25) is 10.0 Å². The molecule has 0 fully saturated rings. The third-order valence-corrected chi connectivity index (χ3v) is 5.36. The van der Waals surface area contributed by atoms with Crippen molar-refractivity contribution in [1.29, 1.82) is 0 Å². The van der Waals surface area contributed by atoms with E-state index in [2.05, 4.69) is 0 Å². The third kappa shape index (κ3) is 3.58. The highest BCUT2D eigenvalue weighted by Crippen LogP contribution is 2.30. The summed E-state index contributed by atoms with van der Waals surface area (Å²) < 4.78 is 26.4. The first-order chi connectivity index (χ1) is 9.62. The predicted octanol–water partition coefficient (Wildman–Crippen LogP) is 1.60. The second kappa shape index (κ2) is 6.50. The van der Waals surface area contributed by atoms with Crippen LogP contribution in [0.3, 0.4) is 0 Å². The van der Waals surface area contributed by atoms with Crippen molar-refractivity contribution in [2.24, 2.45) is 0 Å². The Bertz CT molecular complexity index is 640. The Morgan fingerprint density at radius 1 is 1.29 bits per heavy atom. The lowest BCUT2D eigenvalue weighted by atomic mass is 10.1. The van der Waals surface area contributed by atoms with E-state index in [0.717, 1.165) is 4.31 Å². The zero-order valence-corrected chi connectivity index (χ0v) is 13.3. The average Bonchev–Trinajstić information content (AvgIpc) is 2.37. The zero-order chi connectivity index (χ0) is 16.4. The van der Waals surface area contributed by atoms with Crippen LogP contribution in [0.2, 0.25) is 0 Å². The Morgan fingerprint density at radius 2 is 1.81 bits per heavy atom. The van der Waals surface area contributed by atoms with Gasteiger partial charge in [-0.25, -0.2) is 8.42 Å². The van der Waals surface area contributed by atoms with E-state index in [4.69, 9.17) is 5.11 Å². The smallest absolute Gasteiger partial charge is 0.289 e. The molecule has 0 bridgehead atoms. The van der Waals surface area contributed by atoms with Gasteiger partial charge in [0.05, 0.1) is 11.5 Å². The molecular formula is C13H20N2O5S. The Morgan fingerprint density at radius 3 is 2.24 bits per heavy atom. The van der Waals surface area contributed by atoms with Crippen molar-refractivity contribution < 1.29 is 18.4 Å². The van der Waals surface area contributed by atoms with Crippen LogP contribution in [0.4, 0.5) is 5.69 Å². The molecule has 0 aliphatic heterocycles. The van der Waals surface area contributed by atoms with Gasteiger partial charge in [0.1, 0.15) is 0 Å². The number of aryl methyl sites for hydroxylation is 2. The van der Waals surface area contributed by atoms with E-state index in [-0.39, 0.29) is 18.0 Å². The molecule has 8 heteroatoms. The van der Waals surface area contributed by atoms with Crippen molar-refractivity contribution in [1.82, 2.24) is 4.31 Å². The van der Waals surface area contributed by atoms with Crippen LogP contribution in [-0.2, 0) is 10.0 Å².